The summed E-state index contributed by atoms with van der Waals surface area (Å²) in [5.74, 6) is 0. The van der Waals surface area contributed by atoms with Crippen molar-refractivity contribution in [1.29, 1.82) is 0 Å². The molecule has 0 radical (unpaired) electrons. The molecule has 1 heterocycles. The van der Waals surface area contributed by atoms with Gasteiger partial charge in [-0.2, -0.15) is 0 Å². The fourth-order valence-electron chi connectivity index (χ4n) is 1.79. The Morgan fingerprint density at radius 1 is 1.36 bits per heavy atom. The maximum absolute atomic E-state index is 3.56. The van der Waals surface area contributed by atoms with Crippen molar-refractivity contribution in [2.75, 3.05) is 0 Å². The number of halogens is 1. The van der Waals surface area contributed by atoms with Crippen molar-refractivity contribution >= 4 is 37.4 Å². The van der Waals surface area contributed by atoms with E-state index in [4.69, 9.17) is 0 Å². The molecule has 0 aliphatic rings. The second kappa shape index (κ2) is 4.03. The quantitative estimate of drug-likeness (QED) is 0.695. The van der Waals surface area contributed by atoms with Gasteiger partial charge in [0.15, 0.2) is 0 Å². The highest BCUT2D eigenvalue weighted by molar-refractivity contribution is 9.08. The van der Waals surface area contributed by atoms with Gasteiger partial charge in [0.05, 0.1) is 0 Å². The number of hydrogen-bond donors (Lipinski definition) is 0. The predicted octanol–water partition coefficient (Wildman–Crippen LogP) is 4.67. The van der Waals surface area contributed by atoms with E-state index in [1.807, 2.05) is 11.3 Å². The highest BCUT2D eigenvalue weighted by atomic mass is 79.9. The van der Waals surface area contributed by atoms with E-state index in [0.717, 1.165) is 11.8 Å². The van der Waals surface area contributed by atoms with Gasteiger partial charge in [-0.15, -0.1) is 11.3 Å². The van der Waals surface area contributed by atoms with Gasteiger partial charge in [-0.3, -0.25) is 0 Å². The van der Waals surface area contributed by atoms with Crippen molar-refractivity contribution < 1.29 is 0 Å². The first kappa shape index (κ1) is 10.2. The minimum Gasteiger partial charge on any atom is -0.140 e. The Kier molecular flexibility index (Phi) is 2.93. The molecular formula is C12H13BrS. The highest BCUT2D eigenvalue weighted by Gasteiger charge is 2.09. The normalized spacial score (nSPS) is 11.1. The van der Waals surface area contributed by atoms with Crippen molar-refractivity contribution in [3.63, 3.8) is 0 Å². The van der Waals surface area contributed by atoms with Crippen LogP contribution in [0.25, 0.3) is 10.1 Å². The van der Waals surface area contributed by atoms with Crippen LogP contribution < -0.4 is 0 Å². The molecule has 0 aliphatic heterocycles. The van der Waals surface area contributed by atoms with Crippen molar-refractivity contribution in [1.82, 2.24) is 0 Å². The molecule has 2 aromatic rings. The van der Waals surface area contributed by atoms with Crippen LogP contribution in [-0.2, 0) is 11.8 Å². The van der Waals surface area contributed by atoms with Gasteiger partial charge in [0.1, 0.15) is 0 Å². The molecule has 0 atom stereocenters. The molecule has 2 heteroatoms. The van der Waals surface area contributed by atoms with Crippen LogP contribution in [0.5, 0.6) is 0 Å². The summed E-state index contributed by atoms with van der Waals surface area (Å²) in [6, 6.07) is 6.63. The van der Waals surface area contributed by atoms with Crippen LogP contribution in [0.1, 0.15) is 22.9 Å². The Hall–Kier alpha value is -0.340. The third-order valence-electron chi connectivity index (χ3n) is 2.62. The molecule has 0 saturated carbocycles. The molecule has 1 aromatic heterocycles. The topological polar surface area (TPSA) is 0 Å². The zero-order valence-electron chi connectivity index (χ0n) is 8.43. The monoisotopic (exact) mass is 268 g/mol. The van der Waals surface area contributed by atoms with E-state index >= 15 is 0 Å². The Balaban J connectivity index is 2.79. The molecule has 74 valence electrons. The summed E-state index contributed by atoms with van der Waals surface area (Å²) in [7, 11) is 0. The highest BCUT2D eigenvalue weighted by Crippen LogP contribution is 2.34. The van der Waals surface area contributed by atoms with Gasteiger partial charge >= 0.3 is 0 Å². The Bertz CT molecular complexity index is 457. The molecule has 0 N–H and O–H groups in total. The molecule has 0 unspecified atom stereocenters. The molecule has 2 rings (SSSR count). The summed E-state index contributed by atoms with van der Waals surface area (Å²) in [5.41, 5.74) is 2.93. The number of rotatable bonds is 2. The van der Waals surface area contributed by atoms with E-state index in [9.17, 15) is 0 Å². The van der Waals surface area contributed by atoms with Gasteiger partial charge in [-0.25, -0.2) is 0 Å². The minimum atomic E-state index is 0.964. The summed E-state index contributed by atoms with van der Waals surface area (Å²) in [6.07, 6.45) is 1.12. The summed E-state index contributed by atoms with van der Waals surface area (Å²) in [6.45, 7) is 4.43. The Labute approximate surface area is 97.1 Å². The number of thiophene rings is 1. The standard InChI is InChI=1S/C12H13BrS/c1-3-9-5-4-6-10-11(7-13)8(2)14-12(9)10/h4-6H,3,7H2,1-2H3. The van der Waals surface area contributed by atoms with Crippen molar-refractivity contribution in [3.8, 4) is 0 Å². The molecular weight excluding hydrogens is 256 g/mol. The van der Waals surface area contributed by atoms with Gasteiger partial charge in [-0.05, 0) is 29.9 Å². The molecule has 0 bridgehead atoms. The minimum absolute atomic E-state index is 0.964. The molecule has 0 saturated heterocycles. The number of benzene rings is 1. The number of fused-ring (bicyclic) bond motifs is 1. The van der Waals surface area contributed by atoms with E-state index < -0.39 is 0 Å². The van der Waals surface area contributed by atoms with Crippen LogP contribution in [0.15, 0.2) is 18.2 Å². The summed E-state index contributed by atoms with van der Waals surface area (Å²) in [5, 5.41) is 2.40. The van der Waals surface area contributed by atoms with E-state index in [-0.39, 0.29) is 0 Å². The van der Waals surface area contributed by atoms with Crippen LogP contribution in [0, 0.1) is 6.92 Å². The predicted molar refractivity (Wildman–Crippen MR) is 68.6 cm³/mol. The summed E-state index contributed by atoms with van der Waals surface area (Å²) in [4.78, 5) is 1.44. The van der Waals surface area contributed by atoms with Gasteiger partial charge < -0.3 is 0 Å². The van der Waals surface area contributed by atoms with Crippen molar-refractivity contribution in [3.05, 3.63) is 34.2 Å². The smallest absolute Gasteiger partial charge is 0.0380 e. The van der Waals surface area contributed by atoms with E-state index in [0.29, 0.717) is 0 Å². The zero-order chi connectivity index (χ0) is 10.1. The van der Waals surface area contributed by atoms with Crippen LogP contribution in [0.4, 0.5) is 0 Å². The third kappa shape index (κ3) is 1.51. The fraction of sp³-hybridized carbons (Fsp3) is 0.333. The van der Waals surface area contributed by atoms with Crippen LogP contribution in [-0.4, -0.2) is 0 Å². The first-order valence-corrected chi connectivity index (χ1v) is 6.77. The lowest BCUT2D eigenvalue weighted by molar-refractivity contribution is 1.16. The lowest BCUT2D eigenvalue weighted by Gasteiger charge is -1.98. The molecule has 14 heavy (non-hydrogen) atoms. The SMILES string of the molecule is CCc1cccc2c(CBr)c(C)sc12. The molecule has 0 spiro atoms. The van der Waals surface area contributed by atoms with Crippen LogP contribution in [0.3, 0.4) is 0 Å². The molecule has 0 nitrogen and oxygen atoms in total. The molecule has 1 aromatic carbocycles. The lowest BCUT2D eigenvalue weighted by atomic mass is 10.1. The first-order chi connectivity index (χ1) is 6.77. The van der Waals surface area contributed by atoms with Crippen molar-refractivity contribution in [2.45, 2.75) is 25.6 Å². The maximum atomic E-state index is 3.56. The second-order valence-corrected chi connectivity index (χ2v) is 5.20. The number of hydrogen-bond acceptors (Lipinski definition) is 1. The van der Waals surface area contributed by atoms with Crippen LogP contribution >= 0.6 is 27.3 Å². The average Bonchev–Trinajstić information content (AvgIpc) is 2.52. The Morgan fingerprint density at radius 3 is 2.79 bits per heavy atom. The zero-order valence-corrected chi connectivity index (χ0v) is 10.8. The van der Waals surface area contributed by atoms with Gasteiger partial charge in [0.2, 0.25) is 0 Å². The number of aryl methyl sites for hydroxylation is 2. The Morgan fingerprint density at radius 2 is 2.14 bits per heavy atom. The van der Waals surface area contributed by atoms with Crippen molar-refractivity contribution in [2.24, 2.45) is 0 Å². The third-order valence-corrected chi connectivity index (χ3v) is 4.42. The van der Waals surface area contributed by atoms with Gasteiger partial charge in [-0.1, -0.05) is 41.1 Å². The second-order valence-electron chi connectivity index (χ2n) is 3.42. The van der Waals surface area contributed by atoms with Gasteiger partial charge in [0.25, 0.3) is 0 Å². The summed E-state index contributed by atoms with van der Waals surface area (Å²) >= 11 is 5.49. The van der Waals surface area contributed by atoms with Crippen LogP contribution in [0.2, 0.25) is 0 Å². The first-order valence-electron chi connectivity index (χ1n) is 4.83. The average molecular weight is 269 g/mol. The van der Waals surface area contributed by atoms with Gasteiger partial charge in [0, 0.05) is 14.9 Å². The molecule has 0 amide bonds. The van der Waals surface area contributed by atoms with E-state index in [1.54, 1.807) is 0 Å². The number of alkyl halides is 1. The van der Waals surface area contributed by atoms with E-state index in [1.165, 1.54) is 26.1 Å². The molecule has 0 aliphatic carbocycles. The maximum Gasteiger partial charge on any atom is 0.0380 e. The van der Waals surface area contributed by atoms with E-state index in [2.05, 4.69) is 48.0 Å². The fourth-order valence-corrected chi connectivity index (χ4v) is 3.96. The lowest BCUT2D eigenvalue weighted by Crippen LogP contribution is -1.80. The summed E-state index contributed by atoms with van der Waals surface area (Å²) < 4.78 is 1.47. The molecule has 0 fully saturated rings. The largest absolute Gasteiger partial charge is 0.140 e.